The molecular formula is C15H17F2N3O. The van der Waals surface area contributed by atoms with Crippen LogP contribution in [-0.4, -0.2) is 9.36 Å². The Balaban J connectivity index is 2.19. The van der Waals surface area contributed by atoms with Gasteiger partial charge in [-0.1, -0.05) is 12.8 Å². The lowest BCUT2D eigenvalue weighted by atomic mass is 10.0. The van der Waals surface area contributed by atoms with E-state index in [0.717, 1.165) is 43.5 Å². The van der Waals surface area contributed by atoms with Crippen molar-refractivity contribution in [2.75, 3.05) is 5.73 Å². The third kappa shape index (κ3) is 2.14. The Hall–Kier alpha value is -2.11. The van der Waals surface area contributed by atoms with Gasteiger partial charge in [-0.05, 0) is 25.0 Å². The van der Waals surface area contributed by atoms with E-state index < -0.39 is 17.2 Å². The van der Waals surface area contributed by atoms with Gasteiger partial charge in [0.05, 0.1) is 5.69 Å². The van der Waals surface area contributed by atoms with E-state index in [1.54, 1.807) is 11.7 Å². The van der Waals surface area contributed by atoms with Crippen LogP contribution < -0.4 is 11.3 Å². The zero-order valence-electron chi connectivity index (χ0n) is 11.8. The standard InChI is InChI=1S/C15H17F2N3O/c1-19-14(9-4-2-3-5-9)13(18)15(21)20(19)12-7-6-10(16)8-11(12)17/h6-9H,2-5,18H2,1H3. The van der Waals surface area contributed by atoms with Crippen molar-refractivity contribution in [3.8, 4) is 5.69 Å². The Kier molecular flexibility index (Phi) is 3.31. The topological polar surface area (TPSA) is 52.9 Å². The highest BCUT2D eigenvalue weighted by atomic mass is 19.1. The lowest BCUT2D eigenvalue weighted by molar-refractivity contribution is 0.533. The fourth-order valence-corrected chi connectivity index (χ4v) is 3.25. The average Bonchev–Trinajstić information content (AvgIpc) is 3.01. The number of nitrogens with zero attached hydrogens (tertiary/aromatic N) is 2. The van der Waals surface area contributed by atoms with E-state index in [1.165, 1.54) is 10.7 Å². The van der Waals surface area contributed by atoms with Crippen LogP contribution in [-0.2, 0) is 7.05 Å². The van der Waals surface area contributed by atoms with Gasteiger partial charge in [-0.3, -0.25) is 9.48 Å². The molecular weight excluding hydrogens is 276 g/mol. The molecule has 1 aromatic heterocycles. The summed E-state index contributed by atoms with van der Waals surface area (Å²) in [5.41, 5.74) is 6.42. The number of aromatic nitrogens is 2. The van der Waals surface area contributed by atoms with E-state index >= 15 is 0 Å². The van der Waals surface area contributed by atoms with Gasteiger partial charge in [-0.15, -0.1) is 0 Å². The van der Waals surface area contributed by atoms with Crippen LogP contribution in [0.2, 0.25) is 0 Å². The van der Waals surface area contributed by atoms with Crippen molar-refractivity contribution in [3.63, 3.8) is 0 Å². The van der Waals surface area contributed by atoms with Gasteiger partial charge in [-0.2, -0.15) is 0 Å². The fraction of sp³-hybridized carbons (Fsp3) is 0.400. The molecule has 0 radical (unpaired) electrons. The second-order valence-corrected chi connectivity index (χ2v) is 5.52. The first kappa shape index (κ1) is 13.9. The molecule has 1 aromatic carbocycles. The van der Waals surface area contributed by atoms with Crippen LogP contribution in [0, 0.1) is 11.6 Å². The number of halogens is 2. The van der Waals surface area contributed by atoms with Gasteiger partial charge in [0.15, 0.2) is 5.82 Å². The number of anilines is 1. The van der Waals surface area contributed by atoms with Gasteiger partial charge in [0.25, 0.3) is 5.56 Å². The van der Waals surface area contributed by atoms with E-state index in [4.69, 9.17) is 5.73 Å². The van der Waals surface area contributed by atoms with Crippen LogP contribution in [0.25, 0.3) is 5.69 Å². The van der Waals surface area contributed by atoms with Crippen LogP contribution in [0.1, 0.15) is 37.3 Å². The number of hydrogen-bond donors (Lipinski definition) is 1. The highest BCUT2D eigenvalue weighted by Crippen LogP contribution is 2.36. The highest BCUT2D eigenvalue weighted by molar-refractivity contribution is 5.47. The first-order valence-electron chi connectivity index (χ1n) is 7.03. The summed E-state index contributed by atoms with van der Waals surface area (Å²) in [6.45, 7) is 0. The minimum absolute atomic E-state index is 0.0137. The fourth-order valence-electron chi connectivity index (χ4n) is 3.25. The molecule has 21 heavy (non-hydrogen) atoms. The molecule has 0 saturated heterocycles. The minimum atomic E-state index is -0.782. The number of nitrogen functional groups attached to an aromatic ring is 1. The SMILES string of the molecule is Cn1c(C2CCCC2)c(N)c(=O)n1-c1ccc(F)cc1F. The van der Waals surface area contributed by atoms with Gasteiger partial charge in [0, 0.05) is 19.0 Å². The van der Waals surface area contributed by atoms with Crippen molar-refractivity contribution in [1.29, 1.82) is 0 Å². The molecule has 2 aromatic rings. The Morgan fingerprint density at radius 1 is 1.24 bits per heavy atom. The Bertz CT molecular complexity index is 742. The molecule has 3 rings (SSSR count). The molecule has 1 fully saturated rings. The summed E-state index contributed by atoms with van der Waals surface area (Å²) in [5, 5.41) is 0. The number of rotatable bonds is 2. The second kappa shape index (κ2) is 5.02. The molecule has 2 N–H and O–H groups in total. The number of benzene rings is 1. The monoisotopic (exact) mass is 293 g/mol. The molecule has 0 unspecified atom stereocenters. The zero-order valence-corrected chi connectivity index (χ0v) is 11.8. The van der Waals surface area contributed by atoms with Crippen molar-refractivity contribution in [1.82, 2.24) is 9.36 Å². The summed E-state index contributed by atoms with van der Waals surface area (Å²) in [6.07, 6.45) is 4.17. The summed E-state index contributed by atoms with van der Waals surface area (Å²) in [7, 11) is 1.69. The molecule has 0 bridgehead atoms. The van der Waals surface area contributed by atoms with Crippen molar-refractivity contribution in [3.05, 3.63) is 45.9 Å². The maximum atomic E-state index is 14.0. The number of nitrogens with two attached hydrogens (primary N) is 1. The molecule has 6 heteroatoms. The smallest absolute Gasteiger partial charge is 0.294 e. The molecule has 1 aliphatic carbocycles. The maximum Gasteiger partial charge on any atom is 0.294 e. The van der Waals surface area contributed by atoms with Gasteiger partial charge in [-0.25, -0.2) is 13.5 Å². The third-order valence-corrected chi connectivity index (χ3v) is 4.23. The van der Waals surface area contributed by atoms with Crippen molar-refractivity contribution >= 4 is 5.69 Å². The predicted molar refractivity (Wildman–Crippen MR) is 76.5 cm³/mol. The Morgan fingerprint density at radius 2 is 1.90 bits per heavy atom. The van der Waals surface area contributed by atoms with E-state index in [-0.39, 0.29) is 17.3 Å². The lowest BCUT2D eigenvalue weighted by Gasteiger charge is -2.14. The summed E-state index contributed by atoms with van der Waals surface area (Å²) in [6, 6.07) is 3.15. The quantitative estimate of drug-likeness (QED) is 0.925. The molecule has 0 amide bonds. The largest absolute Gasteiger partial charge is 0.393 e. The molecule has 0 spiro atoms. The molecule has 112 valence electrons. The van der Waals surface area contributed by atoms with Crippen LogP contribution in [0.5, 0.6) is 0 Å². The van der Waals surface area contributed by atoms with Gasteiger partial charge >= 0.3 is 0 Å². The first-order chi connectivity index (χ1) is 10.0. The maximum absolute atomic E-state index is 14.0. The summed E-state index contributed by atoms with van der Waals surface area (Å²) >= 11 is 0. The normalized spacial score (nSPS) is 15.8. The summed E-state index contributed by atoms with van der Waals surface area (Å²) in [4.78, 5) is 12.4. The third-order valence-electron chi connectivity index (χ3n) is 4.23. The van der Waals surface area contributed by atoms with Crippen molar-refractivity contribution in [2.45, 2.75) is 31.6 Å². The molecule has 1 heterocycles. The number of hydrogen-bond acceptors (Lipinski definition) is 2. The molecule has 4 nitrogen and oxygen atoms in total. The summed E-state index contributed by atoms with van der Waals surface area (Å²) < 4.78 is 29.8. The molecule has 0 atom stereocenters. The van der Waals surface area contributed by atoms with Crippen LogP contribution in [0.4, 0.5) is 14.5 Å². The van der Waals surface area contributed by atoms with E-state index in [0.29, 0.717) is 0 Å². The lowest BCUT2D eigenvalue weighted by Crippen LogP contribution is -2.22. The zero-order chi connectivity index (χ0) is 15.1. The molecule has 0 aliphatic heterocycles. The van der Waals surface area contributed by atoms with E-state index in [2.05, 4.69) is 0 Å². The molecule has 1 saturated carbocycles. The Labute approximate surface area is 120 Å². The van der Waals surface area contributed by atoms with E-state index in [9.17, 15) is 13.6 Å². The van der Waals surface area contributed by atoms with Crippen LogP contribution in [0.3, 0.4) is 0 Å². The van der Waals surface area contributed by atoms with Gasteiger partial charge in [0.1, 0.15) is 17.2 Å². The second-order valence-electron chi connectivity index (χ2n) is 5.52. The Morgan fingerprint density at radius 3 is 2.52 bits per heavy atom. The van der Waals surface area contributed by atoms with Crippen LogP contribution in [0.15, 0.2) is 23.0 Å². The van der Waals surface area contributed by atoms with Gasteiger partial charge < -0.3 is 5.73 Å². The average molecular weight is 293 g/mol. The predicted octanol–water partition coefficient (Wildman–Crippen LogP) is 2.69. The van der Waals surface area contributed by atoms with E-state index in [1.807, 2.05) is 0 Å². The minimum Gasteiger partial charge on any atom is -0.393 e. The molecule has 1 aliphatic rings. The van der Waals surface area contributed by atoms with Crippen LogP contribution >= 0.6 is 0 Å². The first-order valence-corrected chi connectivity index (χ1v) is 7.03. The van der Waals surface area contributed by atoms with Crippen molar-refractivity contribution < 1.29 is 8.78 Å². The summed E-state index contributed by atoms with van der Waals surface area (Å²) in [5.74, 6) is -1.23. The van der Waals surface area contributed by atoms with Crippen molar-refractivity contribution in [2.24, 2.45) is 7.05 Å². The highest BCUT2D eigenvalue weighted by Gasteiger charge is 2.27. The van der Waals surface area contributed by atoms with Gasteiger partial charge in [0.2, 0.25) is 0 Å².